The summed E-state index contributed by atoms with van der Waals surface area (Å²) in [5.41, 5.74) is 0.524. The maximum absolute atomic E-state index is 13.1. The highest BCUT2D eigenvalue weighted by Crippen LogP contribution is 2.21. The molecule has 2 aromatic heterocycles. The average Bonchev–Trinajstić information content (AvgIpc) is 2.84. The van der Waals surface area contributed by atoms with Gasteiger partial charge in [0.05, 0.1) is 13.2 Å². The second-order valence-corrected chi connectivity index (χ2v) is 7.51. The van der Waals surface area contributed by atoms with Crippen molar-refractivity contribution in [2.45, 2.75) is 0 Å². The third kappa shape index (κ3) is 3.66. The van der Waals surface area contributed by atoms with Gasteiger partial charge in [-0.15, -0.1) is 10.2 Å². The van der Waals surface area contributed by atoms with E-state index in [1.807, 2.05) is 47.4 Å². The highest BCUT2D eigenvalue weighted by Gasteiger charge is 2.25. The Kier molecular flexibility index (Phi) is 5.15. The fourth-order valence-electron chi connectivity index (χ4n) is 4.03. The molecule has 0 radical (unpaired) electrons. The van der Waals surface area contributed by atoms with Gasteiger partial charge in [-0.25, -0.2) is 0 Å². The number of morpholine rings is 1. The zero-order valence-electron chi connectivity index (χ0n) is 16.8. The Morgan fingerprint density at radius 3 is 2.17 bits per heavy atom. The number of fused-ring (bicyclic) bond motifs is 1. The molecule has 4 heterocycles. The summed E-state index contributed by atoms with van der Waals surface area (Å²) in [6.07, 6.45) is 1.71. The van der Waals surface area contributed by atoms with Gasteiger partial charge in [-0.1, -0.05) is 24.3 Å². The maximum atomic E-state index is 13.1. The highest BCUT2D eigenvalue weighted by molar-refractivity contribution is 6.05. The molecule has 0 aliphatic carbocycles. The van der Waals surface area contributed by atoms with E-state index in [1.54, 1.807) is 6.20 Å². The molecule has 1 aromatic carbocycles. The molecule has 8 nitrogen and oxygen atoms in total. The molecule has 3 aromatic rings. The predicted molar refractivity (Wildman–Crippen MR) is 115 cm³/mol. The summed E-state index contributed by atoms with van der Waals surface area (Å²) < 4.78 is 5.39. The first kappa shape index (κ1) is 18.7. The minimum Gasteiger partial charge on any atom is -0.378 e. The van der Waals surface area contributed by atoms with Crippen molar-refractivity contribution in [2.24, 2.45) is 0 Å². The first-order valence-corrected chi connectivity index (χ1v) is 10.3. The van der Waals surface area contributed by atoms with Crippen molar-refractivity contribution in [3.63, 3.8) is 0 Å². The first-order chi connectivity index (χ1) is 14.8. The van der Waals surface area contributed by atoms with Gasteiger partial charge in [0, 0.05) is 50.9 Å². The molecule has 2 saturated heterocycles. The number of hydrogen-bond acceptors (Lipinski definition) is 7. The van der Waals surface area contributed by atoms with Crippen LogP contribution in [0.5, 0.6) is 0 Å². The van der Waals surface area contributed by atoms with E-state index in [-0.39, 0.29) is 5.91 Å². The van der Waals surface area contributed by atoms with Gasteiger partial charge in [0.15, 0.2) is 11.6 Å². The fraction of sp³-hybridized carbons (Fsp3) is 0.364. The lowest BCUT2D eigenvalue weighted by atomic mass is 10.1. The predicted octanol–water partition coefficient (Wildman–Crippen LogP) is 1.82. The largest absolute Gasteiger partial charge is 0.378 e. The van der Waals surface area contributed by atoms with Crippen LogP contribution >= 0.6 is 0 Å². The molecule has 0 bridgehead atoms. The van der Waals surface area contributed by atoms with E-state index in [1.165, 1.54) is 0 Å². The van der Waals surface area contributed by atoms with Crippen molar-refractivity contribution < 1.29 is 9.53 Å². The maximum Gasteiger partial charge on any atom is 0.273 e. The van der Waals surface area contributed by atoms with E-state index in [0.717, 1.165) is 61.8 Å². The quantitative estimate of drug-likeness (QED) is 0.659. The number of amides is 1. The Hall–Kier alpha value is -3.26. The molecule has 0 spiro atoms. The number of ether oxygens (including phenoxy) is 1. The number of rotatable bonds is 3. The second-order valence-electron chi connectivity index (χ2n) is 7.51. The lowest BCUT2D eigenvalue weighted by Gasteiger charge is -2.35. The Bertz CT molecular complexity index is 1020. The number of nitrogens with zero attached hydrogens (tertiary/aromatic N) is 6. The second kappa shape index (κ2) is 8.23. The molecule has 0 saturated carbocycles. The van der Waals surface area contributed by atoms with Gasteiger partial charge in [-0.05, 0) is 23.6 Å². The SMILES string of the molecule is O=C(c1nccc2ccccc12)N1CCN(c2ccc(N3CCOCC3)nn2)CC1. The molecule has 154 valence electrons. The number of anilines is 2. The molecular formula is C22H24N6O2. The van der Waals surface area contributed by atoms with Gasteiger partial charge in [-0.3, -0.25) is 9.78 Å². The van der Waals surface area contributed by atoms with Gasteiger partial charge >= 0.3 is 0 Å². The normalized spacial score (nSPS) is 17.4. The van der Waals surface area contributed by atoms with Crippen LogP contribution in [0.15, 0.2) is 48.7 Å². The zero-order chi connectivity index (χ0) is 20.3. The molecule has 30 heavy (non-hydrogen) atoms. The van der Waals surface area contributed by atoms with Crippen LogP contribution in [-0.4, -0.2) is 78.5 Å². The van der Waals surface area contributed by atoms with Gasteiger partial charge in [0.25, 0.3) is 5.91 Å². The van der Waals surface area contributed by atoms with Gasteiger partial charge in [0.2, 0.25) is 0 Å². The van der Waals surface area contributed by atoms with Crippen molar-refractivity contribution in [3.8, 4) is 0 Å². The summed E-state index contributed by atoms with van der Waals surface area (Å²) in [6.45, 7) is 5.86. The van der Waals surface area contributed by atoms with Crippen LogP contribution in [-0.2, 0) is 4.74 Å². The van der Waals surface area contributed by atoms with Crippen LogP contribution in [0, 0.1) is 0 Å². The summed E-state index contributed by atoms with van der Waals surface area (Å²) in [5.74, 6) is 1.72. The van der Waals surface area contributed by atoms with Crippen LogP contribution in [0.3, 0.4) is 0 Å². The Morgan fingerprint density at radius 1 is 0.800 bits per heavy atom. The molecule has 2 aliphatic heterocycles. The summed E-state index contributed by atoms with van der Waals surface area (Å²) >= 11 is 0. The van der Waals surface area contributed by atoms with Crippen LogP contribution in [0.2, 0.25) is 0 Å². The summed E-state index contributed by atoms with van der Waals surface area (Å²) in [5, 5.41) is 10.8. The Morgan fingerprint density at radius 2 is 1.47 bits per heavy atom. The number of benzene rings is 1. The smallest absolute Gasteiger partial charge is 0.273 e. The molecule has 2 aliphatic rings. The van der Waals surface area contributed by atoms with Crippen molar-refractivity contribution in [2.75, 3.05) is 62.3 Å². The van der Waals surface area contributed by atoms with E-state index in [0.29, 0.717) is 18.8 Å². The zero-order valence-corrected chi connectivity index (χ0v) is 16.8. The van der Waals surface area contributed by atoms with Gasteiger partial charge in [0.1, 0.15) is 5.69 Å². The van der Waals surface area contributed by atoms with E-state index in [4.69, 9.17) is 4.74 Å². The van der Waals surface area contributed by atoms with Crippen LogP contribution in [0.1, 0.15) is 10.5 Å². The summed E-state index contributed by atoms with van der Waals surface area (Å²) in [6, 6.07) is 13.8. The van der Waals surface area contributed by atoms with Crippen molar-refractivity contribution in [1.29, 1.82) is 0 Å². The number of pyridine rings is 1. The third-order valence-electron chi connectivity index (χ3n) is 5.74. The average molecular weight is 404 g/mol. The minimum atomic E-state index is -0.0137. The van der Waals surface area contributed by atoms with E-state index in [9.17, 15) is 4.79 Å². The van der Waals surface area contributed by atoms with Crippen LogP contribution in [0.4, 0.5) is 11.6 Å². The number of aromatic nitrogens is 3. The number of carbonyl (C=O) groups is 1. The lowest BCUT2D eigenvalue weighted by Crippen LogP contribution is -2.49. The molecule has 2 fully saturated rings. The summed E-state index contributed by atoms with van der Waals surface area (Å²) in [7, 11) is 0. The molecule has 0 N–H and O–H groups in total. The van der Waals surface area contributed by atoms with Crippen molar-refractivity contribution >= 4 is 28.3 Å². The number of hydrogen-bond donors (Lipinski definition) is 0. The number of piperazine rings is 1. The first-order valence-electron chi connectivity index (χ1n) is 10.3. The highest BCUT2D eigenvalue weighted by atomic mass is 16.5. The lowest BCUT2D eigenvalue weighted by molar-refractivity contribution is 0.0742. The van der Waals surface area contributed by atoms with Crippen molar-refractivity contribution in [3.05, 3.63) is 54.4 Å². The molecule has 8 heteroatoms. The minimum absolute atomic E-state index is 0.0137. The fourth-order valence-corrected chi connectivity index (χ4v) is 4.03. The summed E-state index contributed by atoms with van der Waals surface area (Å²) in [4.78, 5) is 23.7. The molecule has 5 rings (SSSR count). The van der Waals surface area contributed by atoms with E-state index >= 15 is 0 Å². The van der Waals surface area contributed by atoms with Crippen molar-refractivity contribution in [1.82, 2.24) is 20.1 Å². The molecular weight excluding hydrogens is 380 g/mol. The topological polar surface area (TPSA) is 74.7 Å². The molecule has 1 amide bonds. The van der Waals surface area contributed by atoms with E-state index < -0.39 is 0 Å². The third-order valence-corrected chi connectivity index (χ3v) is 5.74. The van der Waals surface area contributed by atoms with E-state index in [2.05, 4.69) is 25.0 Å². The van der Waals surface area contributed by atoms with Gasteiger partial charge < -0.3 is 19.4 Å². The Labute approximate surface area is 175 Å². The standard InChI is InChI=1S/C22H24N6O2/c29-22(21-18-4-2-1-3-17(18)7-8-23-21)28-11-9-26(10-12-28)19-5-6-20(25-24-19)27-13-15-30-16-14-27/h1-8H,9-16H2. The van der Waals surface area contributed by atoms with Crippen LogP contribution < -0.4 is 9.80 Å². The number of carbonyl (C=O) groups excluding carboxylic acids is 1. The van der Waals surface area contributed by atoms with Crippen LogP contribution in [0.25, 0.3) is 10.8 Å². The monoisotopic (exact) mass is 404 g/mol. The van der Waals surface area contributed by atoms with Gasteiger partial charge in [-0.2, -0.15) is 0 Å². The molecule has 0 unspecified atom stereocenters. The Balaban J connectivity index is 1.24. The molecule has 0 atom stereocenters.